The van der Waals surface area contributed by atoms with Crippen LogP contribution in [0.1, 0.15) is 26.3 Å². The van der Waals surface area contributed by atoms with Crippen molar-refractivity contribution in [3.63, 3.8) is 0 Å². The molecule has 1 heterocycles. The highest BCUT2D eigenvalue weighted by Crippen LogP contribution is 2.42. The number of nitrogens with zero attached hydrogens (tertiary/aromatic N) is 1. The maximum absolute atomic E-state index is 11.2. The van der Waals surface area contributed by atoms with Crippen LogP contribution in [0.3, 0.4) is 0 Å². The Kier molecular flexibility index (Phi) is 4.97. The van der Waals surface area contributed by atoms with Crippen LogP contribution in [0.2, 0.25) is 5.02 Å². The molecule has 1 aromatic carbocycles. The van der Waals surface area contributed by atoms with Gasteiger partial charge in [0.15, 0.2) is 0 Å². The summed E-state index contributed by atoms with van der Waals surface area (Å²) in [5.74, 6) is 0.559. The number of rotatable bonds is 4. The Balaban J connectivity index is 2.24. The lowest BCUT2D eigenvalue weighted by Crippen LogP contribution is -2.42. The highest BCUT2D eigenvalue weighted by molar-refractivity contribution is 7.99. The van der Waals surface area contributed by atoms with E-state index in [9.17, 15) is 5.11 Å². The van der Waals surface area contributed by atoms with Crippen LogP contribution in [-0.2, 0) is 5.60 Å². The Labute approximate surface area is 135 Å². The van der Waals surface area contributed by atoms with Crippen LogP contribution >= 0.6 is 23.4 Å². The molecule has 0 aliphatic rings. The summed E-state index contributed by atoms with van der Waals surface area (Å²) in [7, 11) is 0. The summed E-state index contributed by atoms with van der Waals surface area (Å²) in [5, 5.41) is 12.0. The van der Waals surface area contributed by atoms with Gasteiger partial charge in [0.2, 0.25) is 0 Å². The SMILES string of the molecule is CC(C)(C)C(O)(CSc1ccc(Cl)cc1)c1cccnc1. The van der Waals surface area contributed by atoms with Gasteiger partial charge in [-0.3, -0.25) is 4.98 Å². The maximum Gasteiger partial charge on any atom is 0.105 e. The molecule has 1 N–H and O–H groups in total. The summed E-state index contributed by atoms with van der Waals surface area (Å²) in [6.45, 7) is 6.13. The minimum atomic E-state index is -0.953. The fourth-order valence-electron chi connectivity index (χ4n) is 2.06. The van der Waals surface area contributed by atoms with Gasteiger partial charge < -0.3 is 5.11 Å². The van der Waals surface area contributed by atoms with Gasteiger partial charge in [0.05, 0.1) is 0 Å². The van der Waals surface area contributed by atoms with Gasteiger partial charge in [0.25, 0.3) is 0 Å². The molecule has 112 valence electrons. The van der Waals surface area contributed by atoms with Crippen LogP contribution in [0.4, 0.5) is 0 Å². The number of aromatic nitrogens is 1. The van der Waals surface area contributed by atoms with Crippen molar-refractivity contribution in [3.05, 3.63) is 59.4 Å². The van der Waals surface area contributed by atoms with E-state index in [2.05, 4.69) is 4.98 Å². The number of pyridine rings is 1. The molecule has 0 bridgehead atoms. The van der Waals surface area contributed by atoms with Gasteiger partial charge >= 0.3 is 0 Å². The summed E-state index contributed by atoms with van der Waals surface area (Å²) >= 11 is 7.52. The highest BCUT2D eigenvalue weighted by atomic mass is 35.5. The van der Waals surface area contributed by atoms with Crippen LogP contribution in [0.5, 0.6) is 0 Å². The van der Waals surface area contributed by atoms with E-state index in [1.54, 1.807) is 24.2 Å². The van der Waals surface area contributed by atoms with Crippen molar-refractivity contribution in [1.82, 2.24) is 4.98 Å². The molecule has 0 saturated heterocycles. The Morgan fingerprint density at radius 1 is 1.14 bits per heavy atom. The molecule has 2 rings (SSSR count). The number of halogens is 1. The van der Waals surface area contributed by atoms with E-state index >= 15 is 0 Å². The first kappa shape index (κ1) is 16.3. The van der Waals surface area contributed by atoms with E-state index in [0.29, 0.717) is 5.75 Å². The zero-order chi connectivity index (χ0) is 15.5. The van der Waals surface area contributed by atoms with Crippen LogP contribution in [-0.4, -0.2) is 15.8 Å². The minimum absolute atomic E-state index is 0.296. The van der Waals surface area contributed by atoms with Gasteiger partial charge in [0.1, 0.15) is 5.60 Å². The molecule has 0 saturated carbocycles. The second-order valence-electron chi connectivity index (χ2n) is 6.09. The Hall–Kier alpha value is -1.03. The van der Waals surface area contributed by atoms with E-state index in [0.717, 1.165) is 15.5 Å². The summed E-state index contributed by atoms with van der Waals surface area (Å²) < 4.78 is 0. The lowest BCUT2D eigenvalue weighted by atomic mass is 9.74. The van der Waals surface area contributed by atoms with E-state index in [1.807, 2.05) is 57.2 Å². The van der Waals surface area contributed by atoms with Gasteiger partial charge in [-0.15, -0.1) is 11.8 Å². The maximum atomic E-state index is 11.2. The Morgan fingerprint density at radius 3 is 2.33 bits per heavy atom. The topological polar surface area (TPSA) is 33.1 Å². The van der Waals surface area contributed by atoms with E-state index in [-0.39, 0.29) is 5.41 Å². The lowest BCUT2D eigenvalue weighted by molar-refractivity contribution is -0.0425. The molecule has 0 fully saturated rings. The smallest absolute Gasteiger partial charge is 0.105 e. The summed E-state index contributed by atoms with van der Waals surface area (Å²) in [4.78, 5) is 5.23. The molecular weight excluding hydrogens is 302 g/mol. The van der Waals surface area contributed by atoms with E-state index in [4.69, 9.17) is 11.6 Å². The first-order valence-corrected chi connectivity index (χ1v) is 8.20. The van der Waals surface area contributed by atoms with Crippen molar-refractivity contribution < 1.29 is 5.11 Å². The van der Waals surface area contributed by atoms with Gasteiger partial charge in [-0.25, -0.2) is 0 Å². The van der Waals surface area contributed by atoms with E-state index in [1.165, 1.54) is 0 Å². The second kappa shape index (κ2) is 6.39. The highest BCUT2D eigenvalue weighted by Gasteiger charge is 2.41. The average molecular weight is 322 g/mol. The fourth-order valence-corrected chi connectivity index (χ4v) is 3.49. The van der Waals surface area contributed by atoms with Crippen LogP contribution in [0.15, 0.2) is 53.7 Å². The average Bonchev–Trinajstić information content (AvgIpc) is 2.46. The van der Waals surface area contributed by atoms with Gasteiger partial charge in [-0.05, 0) is 35.7 Å². The molecule has 0 spiro atoms. The van der Waals surface area contributed by atoms with E-state index < -0.39 is 5.60 Å². The third kappa shape index (κ3) is 3.79. The van der Waals surface area contributed by atoms with Crippen molar-refractivity contribution in [2.45, 2.75) is 31.3 Å². The monoisotopic (exact) mass is 321 g/mol. The molecule has 2 nitrogen and oxygen atoms in total. The number of aliphatic hydroxyl groups is 1. The van der Waals surface area contributed by atoms with Crippen LogP contribution in [0.25, 0.3) is 0 Å². The molecule has 0 aliphatic heterocycles. The zero-order valence-electron chi connectivity index (χ0n) is 12.5. The predicted molar refractivity (Wildman–Crippen MR) is 89.8 cm³/mol. The van der Waals surface area contributed by atoms with Crippen molar-refractivity contribution >= 4 is 23.4 Å². The standard InChI is InChI=1S/C17H20ClNOS/c1-16(2,3)17(20,13-5-4-10-19-11-13)12-21-15-8-6-14(18)7-9-15/h4-11,20H,12H2,1-3H3. The molecule has 1 aromatic heterocycles. The summed E-state index contributed by atoms with van der Waals surface area (Å²) in [6, 6.07) is 11.5. The molecule has 2 aromatic rings. The zero-order valence-corrected chi connectivity index (χ0v) is 14.1. The fraction of sp³-hybridized carbons (Fsp3) is 0.353. The third-order valence-electron chi connectivity index (χ3n) is 3.64. The number of thioether (sulfide) groups is 1. The van der Waals surface area contributed by atoms with Gasteiger partial charge in [-0.2, -0.15) is 0 Å². The largest absolute Gasteiger partial charge is 0.384 e. The first-order valence-electron chi connectivity index (χ1n) is 6.84. The summed E-state index contributed by atoms with van der Waals surface area (Å²) in [6.07, 6.45) is 3.46. The number of hydrogen-bond acceptors (Lipinski definition) is 3. The van der Waals surface area contributed by atoms with Crippen molar-refractivity contribution in [1.29, 1.82) is 0 Å². The quantitative estimate of drug-likeness (QED) is 0.824. The normalized spacial score (nSPS) is 14.7. The Morgan fingerprint density at radius 2 is 1.81 bits per heavy atom. The van der Waals surface area contributed by atoms with Gasteiger partial charge in [0, 0.05) is 33.6 Å². The molecule has 0 amide bonds. The van der Waals surface area contributed by atoms with Crippen molar-refractivity contribution in [3.8, 4) is 0 Å². The lowest BCUT2D eigenvalue weighted by Gasteiger charge is -2.40. The molecule has 0 aliphatic carbocycles. The Bertz CT molecular complexity index is 580. The predicted octanol–water partition coefficient (Wildman–Crippen LogP) is 4.76. The molecule has 1 unspecified atom stereocenters. The molecule has 21 heavy (non-hydrogen) atoms. The molecule has 1 atom stereocenters. The van der Waals surface area contributed by atoms with Crippen molar-refractivity contribution in [2.75, 3.05) is 5.75 Å². The third-order valence-corrected chi connectivity index (χ3v) is 5.06. The first-order chi connectivity index (χ1) is 9.83. The van der Waals surface area contributed by atoms with Gasteiger partial charge in [-0.1, -0.05) is 38.4 Å². The molecule has 0 radical (unpaired) electrons. The van der Waals surface area contributed by atoms with Crippen LogP contribution in [0, 0.1) is 5.41 Å². The van der Waals surface area contributed by atoms with Crippen LogP contribution < -0.4 is 0 Å². The number of hydrogen-bond donors (Lipinski definition) is 1. The number of benzene rings is 1. The molecule has 4 heteroatoms. The summed E-state index contributed by atoms with van der Waals surface area (Å²) in [5.41, 5.74) is -0.403. The second-order valence-corrected chi connectivity index (χ2v) is 7.58. The minimum Gasteiger partial charge on any atom is -0.384 e. The van der Waals surface area contributed by atoms with Crippen molar-refractivity contribution in [2.24, 2.45) is 5.41 Å². The molecular formula is C17H20ClNOS.